The number of ether oxygens (including phenoxy) is 1. The van der Waals surface area contributed by atoms with Gasteiger partial charge in [-0.25, -0.2) is 13.2 Å². The van der Waals surface area contributed by atoms with Gasteiger partial charge < -0.3 is 9.84 Å². The molecular formula is C14H19NO6S. The van der Waals surface area contributed by atoms with Crippen LogP contribution < -0.4 is 4.74 Å². The summed E-state index contributed by atoms with van der Waals surface area (Å²) >= 11 is 0. The second-order valence-electron chi connectivity index (χ2n) is 5.04. The van der Waals surface area contributed by atoms with Crippen LogP contribution in [0.4, 0.5) is 0 Å². The monoisotopic (exact) mass is 329 g/mol. The summed E-state index contributed by atoms with van der Waals surface area (Å²) in [5, 5.41) is 8.54. The van der Waals surface area contributed by atoms with Gasteiger partial charge in [0.2, 0.25) is 0 Å². The van der Waals surface area contributed by atoms with E-state index in [9.17, 15) is 13.2 Å². The number of benzene rings is 1. The van der Waals surface area contributed by atoms with E-state index in [2.05, 4.69) is 0 Å². The molecule has 22 heavy (non-hydrogen) atoms. The summed E-state index contributed by atoms with van der Waals surface area (Å²) in [5.41, 5.74) is 0. The van der Waals surface area contributed by atoms with Crippen molar-refractivity contribution < 1.29 is 27.9 Å². The zero-order chi connectivity index (χ0) is 16.2. The number of hydroxylamine groups is 1. The Bertz CT molecular complexity index is 607. The van der Waals surface area contributed by atoms with Gasteiger partial charge >= 0.3 is 5.97 Å². The molecule has 1 fully saturated rings. The van der Waals surface area contributed by atoms with Crippen molar-refractivity contribution in [1.82, 2.24) is 4.47 Å². The van der Waals surface area contributed by atoms with Crippen LogP contribution >= 0.6 is 0 Å². The molecule has 1 aromatic rings. The number of sulfonamides is 1. The van der Waals surface area contributed by atoms with Gasteiger partial charge in [0.15, 0.2) is 6.61 Å². The van der Waals surface area contributed by atoms with Crippen LogP contribution in [-0.2, 0) is 19.7 Å². The largest absolute Gasteiger partial charge is 0.482 e. The predicted molar refractivity (Wildman–Crippen MR) is 77.9 cm³/mol. The van der Waals surface area contributed by atoms with Crippen LogP contribution in [0.5, 0.6) is 5.75 Å². The third-order valence-electron chi connectivity index (χ3n) is 3.52. The van der Waals surface area contributed by atoms with Crippen LogP contribution in [0.1, 0.15) is 25.7 Å². The Kier molecular flexibility index (Phi) is 5.38. The van der Waals surface area contributed by atoms with Crippen LogP contribution in [0.25, 0.3) is 0 Å². The Labute approximate surface area is 129 Å². The van der Waals surface area contributed by atoms with Gasteiger partial charge in [0, 0.05) is 0 Å². The second kappa shape index (κ2) is 7.08. The molecule has 1 aromatic carbocycles. The van der Waals surface area contributed by atoms with Crippen molar-refractivity contribution in [3.63, 3.8) is 0 Å². The third-order valence-corrected chi connectivity index (χ3v) is 5.31. The van der Waals surface area contributed by atoms with Crippen molar-refractivity contribution in [2.24, 2.45) is 0 Å². The van der Waals surface area contributed by atoms with Crippen molar-refractivity contribution in [3.8, 4) is 5.75 Å². The molecule has 0 aliphatic heterocycles. The number of hydrogen-bond acceptors (Lipinski definition) is 5. The quantitative estimate of drug-likeness (QED) is 0.765. The molecule has 0 bridgehead atoms. The van der Waals surface area contributed by atoms with E-state index in [4.69, 9.17) is 14.7 Å². The zero-order valence-electron chi connectivity index (χ0n) is 12.3. The summed E-state index contributed by atoms with van der Waals surface area (Å²) in [4.78, 5) is 15.6. The first kappa shape index (κ1) is 16.7. The molecule has 0 saturated heterocycles. The third kappa shape index (κ3) is 3.76. The molecule has 1 saturated carbocycles. The van der Waals surface area contributed by atoms with E-state index >= 15 is 0 Å². The Morgan fingerprint density at radius 1 is 1.27 bits per heavy atom. The van der Waals surface area contributed by atoms with Gasteiger partial charge in [0.25, 0.3) is 10.0 Å². The zero-order valence-corrected chi connectivity index (χ0v) is 13.1. The van der Waals surface area contributed by atoms with Gasteiger partial charge in [-0.1, -0.05) is 17.3 Å². The van der Waals surface area contributed by atoms with E-state index in [1.807, 2.05) is 0 Å². The summed E-state index contributed by atoms with van der Waals surface area (Å²) in [6.07, 6.45) is 3.55. The topological polar surface area (TPSA) is 93.1 Å². The fourth-order valence-electron chi connectivity index (χ4n) is 2.52. The first-order chi connectivity index (χ1) is 10.4. The number of carboxylic acid groups (broad SMARTS) is 1. The van der Waals surface area contributed by atoms with Gasteiger partial charge in [-0.05, 0) is 37.1 Å². The molecule has 2 rings (SSSR count). The Hall–Kier alpha value is -1.64. The van der Waals surface area contributed by atoms with Gasteiger partial charge in [0.1, 0.15) is 5.75 Å². The highest BCUT2D eigenvalue weighted by molar-refractivity contribution is 7.89. The number of aliphatic carboxylic acids is 1. The minimum Gasteiger partial charge on any atom is -0.482 e. The highest BCUT2D eigenvalue weighted by Gasteiger charge is 2.33. The number of hydrogen-bond donors (Lipinski definition) is 1. The summed E-state index contributed by atoms with van der Waals surface area (Å²) in [6.45, 7) is -0.474. The molecule has 0 unspecified atom stereocenters. The van der Waals surface area contributed by atoms with Crippen LogP contribution in [-0.4, -0.2) is 43.7 Å². The van der Waals surface area contributed by atoms with Crippen LogP contribution in [0, 0.1) is 0 Å². The van der Waals surface area contributed by atoms with Gasteiger partial charge in [-0.15, -0.1) is 0 Å². The highest BCUT2D eigenvalue weighted by Crippen LogP contribution is 2.29. The minimum atomic E-state index is -3.74. The average Bonchev–Trinajstić information content (AvgIpc) is 3.00. The molecule has 0 spiro atoms. The molecule has 0 atom stereocenters. The molecule has 122 valence electrons. The van der Waals surface area contributed by atoms with Crippen LogP contribution in [0.2, 0.25) is 0 Å². The lowest BCUT2D eigenvalue weighted by atomic mass is 10.3. The Balaban J connectivity index is 2.15. The van der Waals surface area contributed by atoms with E-state index in [1.54, 1.807) is 0 Å². The molecule has 0 aromatic heterocycles. The molecule has 1 N–H and O–H groups in total. The normalized spacial score (nSPS) is 16.1. The minimum absolute atomic E-state index is 0.0870. The van der Waals surface area contributed by atoms with Gasteiger partial charge in [0.05, 0.1) is 18.0 Å². The van der Waals surface area contributed by atoms with Gasteiger partial charge in [-0.3, -0.25) is 4.84 Å². The Morgan fingerprint density at radius 3 is 2.36 bits per heavy atom. The number of rotatable bonds is 7. The predicted octanol–water partition coefficient (Wildman–Crippen LogP) is 1.64. The SMILES string of the molecule is CON(C1CCCC1)S(=O)(=O)c1ccc(OCC(=O)O)cc1. The molecule has 7 nitrogen and oxygen atoms in total. The fraction of sp³-hybridized carbons (Fsp3) is 0.500. The van der Waals surface area contributed by atoms with Crippen LogP contribution in [0.15, 0.2) is 29.2 Å². The van der Waals surface area contributed by atoms with E-state index in [1.165, 1.54) is 31.4 Å². The lowest BCUT2D eigenvalue weighted by Gasteiger charge is -2.25. The molecule has 1 aliphatic rings. The molecular weight excluding hydrogens is 310 g/mol. The molecule has 0 radical (unpaired) electrons. The van der Waals surface area contributed by atoms with Crippen molar-refractivity contribution >= 4 is 16.0 Å². The number of nitrogens with zero attached hydrogens (tertiary/aromatic N) is 1. The molecule has 0 heterocycles. The lowest BCUT2D eigenvalue weighted by molar-refractivity contribution is -0.139. The van der Waals surface area contributed by atoms with Crippen molar-refractivity contribution in [2.45, 2.75) is 36.6 Å². The van der Waals surface area contributed by atoms with E-state index in [0.29, 0.717) is 5.75 Å². The summed E-state index contributed by atoms with van der Waals surface area (Å²) in [7, 11) is -2.40. The van der Waals surface area contributed by atoms with Crippen LogP contribution in [0.3, 0.4) is 0 Å². The van der Waals surface area contributed by atoms with E-state index in [0.717, 1.165) is 30.2 Å². The Morgan fingerprint density at radius 2 is 1.86 bits per heavy atom. The summed E-state index contributed by atoms with van der Waals surface area (Å²) in [5.74, 6) is -0.797. The van der Waals surface area contributed by atoms with Gasteiger partial charge in [-0.2, -0.15) is 0 Å². The first-order valence-corrected chi connectivity index (χ1v) is 8.42. The standard InChI is InChI=1S/C14H19NO6S/c1-20-15(11-4-2-3-5-11)22(18,19)13-8-6-12(7-9-13)21-10-14(16)17/h6-9,11H,2-5,10H2,1H3,(H,16,17). The molecule has 1 aliphatic carbocycles. The fourth-order valence-corrected chi connectivity index (χ4v) is 4.00. The highest BCUT2D eigenvalue weighted by atomic mass is 32.2. The van der Waals surface area contributed by atoms with Crippen molar-refractivity contribution in [1.29, 1.82) is 0 Å². The summed E-state index contributed by atoms with van der Waals surface area (Å²) in [6, 6.07) is 5.48. The van der Waals surface area contributed by atoms with E-state index < -0.39 is 22.6 Å². The maximum atomic E-state index is 12.6. The molecule has 8 heteroatoms. The maximum absolute atomic E-state index is 12.6. The van der Waals surface area contributed by atoms with E-state index in [-0.39, 0.29) is 10.9 Å². The maximum Gasteiger partial charge on any atom is 0.341 e. The second-order valence-corrected chi connectivity index (χ2v) is 6.82. The van der Waals surface area contributed by atoms with Crippen molar-refractivity contribution in [2.75, 3.05) is 13.7 Å². The summed E-state index contributed by atoms with van der Waals surface area (Å²) < 4.78 is 31.2. The van der Waals surface area contributed by atoms with Crippen molar-refractivity contribution in [3.05, 3.63) is 24.3 Å². The lowest BCUT2D eigenvalue weighted by Crippen LogP contribution is -2.37. The average molecular weight is 329 g/mol. The first-order valence-electron chi connectivity index (χ1n) is 6.98. The smallest absolute Gasteiger partial charge is 0.341 e. The number of carboxylic acids is 1. The number of carbonyl (C=O) groups is 1. The molecule has 0 amide bonds.